The predicted octanol–water partition coefficient (Wildman–Crippen LogP) is 5.01. The van der Waals surface area contributed by atoms with Crippen LogP contribution in [0.3, 0.4) is 0 Å². The molecule has 196 valence electrons. The number of thioether (sulfide) groups is 1. The number of hydrogen-bond donors (Lipinski definition) is 2. The summed E-state index contributed by atoms with van der Waals surface area (Å²) in [7, 11) is 1.59. The molecule has 0 spiro atoms. The number of H-pyrrole nitrogens is 1. The van der Waals surface area contributed by atoms with Gasteiger partial charge in [0.2, 0.25) is 11.8 Å². The van der Waals surface area contributed by atoms with Crippen LogP contribution >= 0.6 is 11.8 Å². The number of methoxy groups -OCH3 is 1. The minimum absolute atomic E-state index is 0.0743. The standard InChI is InChI=1S/C29H31N5O3S/c1-4-29(2,27(36)32-26(21-11-7-5-8-12-21)22-13-9-6-10-14-22)34(23-15-17-24(37-3)18-16-23)25(35)19-38-28-30-20-31-33-28/h5-18,20,26H,4,19H2,1-3H3,(H,32,36)(H,30,31,33)/t29-/m1/s1. The Hall–Kier alpha value is -4.11. The highest BCUT2D eigenvalue weighted by Gasteiger charge is 2.42. The van der Waals surface area contributed by atoms with Crippen molar-refractivity contribution < 1.29 is 14.3 Å². The van der Waals surface area contributed by atoms with Gasteiger partial charge < -0.3 is 10.1 Å². The van der Waals surface area contributed by atoms with Crippen molar-refractivity contribution in [1.29, 1.82) is 0 Å². The highest BCUT2D eigenvalue weighted by Crippen LogP contribution is 2.32. The van der Waals surface area contributed by atoms with Gasteiger partial charge in [0.25, 0.3) is 0 Å². The van der Waals surface area contributed by atoms with Gasteiger partial charge in [-0.05, 0) is 48.7 Å². The van der Waals surface area contributed by atoms with E-state index in [2.05, 4.69) is 20.5 Å². The number of nitrogens with zero attached hydrogens (tertiary/aromatic N) is 3. The lowest BCUT2D eigenvalue weighted by molar-refractivity contribution is -0.129. The zero-order valence-corrected chi connectivity index (χ0v) is 22.4. The van der Waals surface area contributed by atoms with E-state index in [-0.39, 0.29) is 23.6 Å². The van der Waals surface area contributed by atoms with Crippen LogP contribution in [-0.4, -0.2) is 45.4 Å². The number of carbonyl (C=O) groups is 2. The molecule has 4 aromatic rings. The Morgan fingerprint density at radius 1 is 1.00 bits per heavy atom. The fraction of sp³-hybridized carbons (Fsp3) is 0.241. The molecule has 38 heavy (non-hydrogen) atoms. The van der Waals surface area contributed by atoms with Crippen molar-refractivity contribution in [2.75, 3.05) is 17.8 Å². The smallest absolute Gasteiger partial charge is 0.246 e. The molecule has 0 aliphatic carbocycles. The third-order valence-electron chi connectivity index (χ3n) is 6.52. The van der Waals surface area contributed by atoms with Crippen molar-refractivity contribution in [3.8, 4) is 5.75 Å². The van der Waals surface area contributed by atoms with Crippen LogP contribution in [-0.2, 0) is 9.59 Å². The molecule has 0 radical (unpaired) electrons. The highest BCUT2D eigenvalue weighted by atomic mass is 32.2. The molecule has 0 aliphatic rings. The SMILES string of the molecule is CC[C@](C)(C(=O)NC(c1ccccc1)c1ccccc1)N(C(=O)CSc1ncn[nH]1)c1ccc(OC)cc1. The summed E-state index contributed by atoms with van der Waals surface area (Å²) in [5, 5.41) is 10.4. The number of amides is 2. The fourth-order valence-corrected chi connectivity index (χ4v) is 4.88. The molecule has 0 aliphatic heterocycles. The van der Waals surface area contributed by atoms with Crippen LogP contribution in [0.15, 0.2) is 96.4 Å². The molecular weight excluding hydrogens is 498 g/mol. The van der Waals surface area contributed by atoms with Crippen LogP contribution in [0.4, 0.5) is 5.69 Å². The van der Waals surface area contributed by atoms with Crippen LogP contribution in [0.5, 0.6) is 5.75 Å². The second kappa shape index (κ2) is 12.4. The van der Waals surface area contributed by atoms with Crippen molar-refractivity contribution >= 4 is 29.3 Å². The molecule has 2 N–H and O–H groups in total. The topological polar surface area (TPSA) is 100 Å². The Balaban J connectivity index is 1.69. The van der Waals surface area contributed by atoms with E-state index in [4.69, 9.17) is 4.74 Å². The molecule has 3 aromatic carbocycles. The molecule has 0 bridgehead atoms. The molecular formula is C29H31N5O3S. The monoisotopic (exact) mass is 529 g/mol. The van der Waals surface area contributed by atoms with Crippen molar-refractivity contribution in [2.45, 2.75) is 37.0 Å². The van der Waals surface area contributed by atoms with Crippen LogP contribution in [0, 0.1) is 0 Å². The second-order valence-corrected chi connectivity index (χ2v) is 9.83. The lowest BCUT2D eigenvalue weighted by Gasteiger charge is -2.40. The number of aromatic nitrogens is 3. The maximum absolute atomic E-state index is 14.2. The van der Waals surface area contributed by atoms with Gasteiger partial charge in [-0.15, -0.1) is 0 Å². The average Bonchev–Trinajstić information content (AvgIpc) is 3.50. The third kappa shape index (κ3) is 6.06. The first-order valence-corrected chi connectivity index (χ1v) is 13.3. The van der Waals surface area contributed by atoms with Gasteiger partial charge in [0.15, 0.2) is 5.16 Å². The van der Waals surface area contributed by atoms with Gasteiger partial charge in [-0.1, -0.05) is 79.3 Å². The Labute approximate surface area is 226 Å². The fourth-order valence-electron chi connectivity index (χ4n) is 4.25. The first kappa shape index (κ1) is 26.9. The summed E-state index contributed by atoms with van der Waals surface area (Å²) in [4.78, 5) is 33.6. The van der Waals surface area contributed by atoms with Gasteiger partial charge in [0.05, 0.1) is 18.9 Å². The molecule has 2 amide bonds. The molecule has 0 fully saturated rings. The van der Waals surface area contributed by atoms with Gasteiger partial charge in [-0.25, -0.2) is 4.98 Å². The van der Waals surface area contributed by atoms with Gasteiger partial charge in [-0.3, -0.25) is 19.6 Å². The highest BCUT2D eigenvalue weighted by molar-refractivity contribution is 7.99. The van der Waals surface area contributed by atoms with Gasteiger partial charge in [0, 0.05) is 5.69 Å². The first-order chi connectivity index (χ1) is 18.5. The summed E-state index contributed by atoms with van der Waals surface area (Å²) in [5.74, 6) is 0.247. The lowest BCUT2D eigenvalue weighted by Crippen LogP contribution is -2.60. The van der Waals surface area contributed by atoms with E-state index in [0.717, 1.165) is 11.1 Å². The summed E-state index contributed by atoms with van der Waals surface area (Å²) in [6.45, 7) is 3.71. The predicted molar refractivity (Wildman–Crippen MR) is 149 cm³/mol. The minimum Gasteiger partial charge on any atom is -0.497 e. The third-order valence-corrected chi connectivity index (χ3v) is 7.38. The van der Waals surface area contributed by atoms with Gasteiger partial charge >= 0.3 is 0 Å². The number of carbonyl (C=O) groups excluding carboxylic acids is 2. The molecule has 9 heteroatoms. The van der Waals surface area contributed by atoms with Crippen molar-refractivity contribution in [3.05, 3.63) is 102 Å². The Bertz CT molecular complexity index is 1280. The zero-order chi connectivity index (χ0) is 27.0. The Morgan fingerprint density at radius 3 is 2.11 bits per heavy atom. The van der Waals surface area contributed by atoms with Gasteiger partial charge in [-0.2, -0.15) is 5.10 Å². The van der Waals surface area contributed by atoms with Crippen LogP contribution in [0.25, 0.3) is 0 Å². The normalized spacial score (nSPS) is 12.5. The zero-order valence-electron chi connectivity index (χ0n) is 21.6. The lowest BCUT2D eigenvalue weighted by atomic mass is 9.91. The molecule has 1 heterocycles. The Kier molecular flexibility index (Phi) is 8.81. The van der Waals surface area contributed by atoms with E-state index in [9.17, 15) is 9.59 Å². The van der Waals surface area contributed by atoms with Crippen LogP contribution in [0.2, 0.25) is 0 Å². The van der Waals surface area contributed by atoms with Crippen molar-refractivity contribution in [3.63, 3.8) is 0 Å². The van der Waals surface area contributed by atoms with E-state index >= 15 is 0 Å². The number of aromatic amines is 1. The molecule has 0 saturated carbocycles. The molecule has 0 unspecified atom stereocenters. The van der Waals surface area contributed by atoms with Gasteiger partial charge in [0.1, 0.15) is 17.6 Å². The van der Waals surface area contributed by atoms with Crippen LogP contribution < -0.4 is 15.0 Å². The summed E-state index contributed by atoms with van der Waals surface area (Å²) in [6.07, 6.45) is 1.78. The summed E-state index contributed by atoms with van der Waals surface area (Å²) in [5.41, 5.74) is 1.32. The molecule has 4 rings (SSSR count). The number of ether oxygens (including phenoxy) is 1. The number of hydrogen-bond acceptors (Lipinski definition) is 6. The van der Waals surface area contributed by atoms with Crippen molar-refractivity contribution in [2.24, 2.45) is 0 Å². The summed E-state index contributed by atoms with van der Waals surface area (Å²) >= 11 is 1.24. The maximum Gasteiger partial charge on any atom is 0.246 e. The summed E-state index contributed by atoms with van der Waals surface area (Å²) in [6, 6.07) is 26.4. The average molecular weight is 530 g/mol. The molecule has 8 nitrogen and oxygen atoms in total. The Morgan fingerprint density at radius 2 is 1.61 bits per heavy atom. The maximum atomic E-state index is 14.2. The van der Waals surface area contributed by atoms with E-state index in [0.29, 0.717) is 23.0 Å². The van der Waals surface area contributed by atoms with E-state index < -0.39 is 5.54 Å². The number of benzene rings is 3. The second-order valence-electron chi connectivity index (χ2n) is 8.86. The summed E-state index contributed by atoms with van der Waals surface area (Å²) < 4.78 is 5.31. The van der Waals surface area contributed by atoms with E-state index in [1.807, 2.05) is 67.6 Å². The number of nitrogens with one attached hydrogen (secondary N) is 2. The quantitative estimate of drug-likeness (QED) is 0.265. The van der Waals surface area contributed by atoms with E-state index in [1.54, 1.807) is 43.2 Å². The molecule has 0 saturated heterocycles. The number of anilines is 1. The number of rotatable bonds is 11. The largest absolute Gasteiger partial charge is 0.497 e. The van der Waals surface area contributed by atoms with Crippen molar-refractivity contribution in [1.82, 2.24) is 20.5 Å². The van der Waals surface area contributed by atoms with Crippen LogP contribution in [0.1, 0.15) is 37.4 Å². The van der Waals surface area contributed by atoms with E-state index in [1.165, 1.54) is 18.1 Å². The minimum atomic E-state index is -1.19. The molecule has 1 aromatic heterocycles. The molecule has 1 atom stereocenters. The first-order valence-electron chi connectivity index (χ1n) is 12.3.